The number of hydrogen-bond acceptors (Lipinski definition) is 5. The molecule has 37 heavy (non-hydrogen) atoms. The number of halogens is 1. The summed E-state index contributed by atoms with van der Waals surface area (Å²) in [6.07, 6.45) is 2.39. The average molecular weight is 511 g/mol. The summed E-state index contributed by atoms with van der Waals surface area (Å²) in [5.41, 5.74) is 1.25. The standard InChI is InChI=1S/C30H41FN3O3/c1-22-25(13-8-14-27(22)31)30(33(2)3)15-17-34(18-19-37-4,29(36)24-12-9-16-32-20-24)21-26(30)28(35)23-10-6-5-7-11-23/h5-8,10-11,13-14,24,26,32H,9,12,15-21H2,1-4H3/q+1/t24-,26-,30-,34?/m0/s1. The Hall–Kier alpha value is -2.45. The fourth-order valence-corrected chi connectivity index (χ4v) is 6.66. The lowest BCUT2D eigenvalue weighted by Crippen LogP contribution is -2.70. The van der Waals surface area contributed by atoms with Gasteiger partial charge in [-0.1, -0.05) is 42.5 Å². The third-order valence-corrected chi connectivity index (χ3v) is 8.77. The predicted molar refractivity (Wildman–Crippen MR) is 143 cm³/mol. The molecule has 6 nitrogen and oxygen atoms in total. The number of methoxy groups -OCH3 is 1. The van der Waals surface area contributed by atoms with Crippen LogP contribution in [0.3, 0.4) is 0 Å². The zero-order valence-electron chi connectivity index (χ0n) is 22.6. The van der Waals surface area contributed by atoms with Gasteiger partial charge in [0.05, 0.1) is 37.1 Å². The number of quaternary nitrogens is 1. The SMILES string of the molecule is COCC[N+]1(C(=O)[C@H]2CCCNC2)CC[C@@](c2cccc(F)c2C)(N(C)C)[C@H](C(=O)c2ccccc2)C1. The van der Waals surface area contributed by atoms with Gasteiger partial charge in [-0.25, -0.2) is 9.18 Å². The highest BCUT2D eigenvalue weighted by molar-refractivity contribution is 5.99. The van der Waals surface area contributed by atoms with Crippen molar-refractivity contribution in [1.29, 1.82) is 0 Å². The highest BCUT2D eigenvalue weighted by Crippen LogP contribution is 2.47. The lowest BCUT2D eigenvalue weighted by molar-refractivity contribution is -0.867. The van der Waals surface area contributed by atoms with Gasteiger partial charge in [-0.15, -0.1) is 0 Å². The van der Waals surface area contributed by atoms with Gasteiger partial charge in [-0.3, -0.25) is 14.2 Å². The maximum Gasteiger partial charge on any atom is 0.318 e. The van der Waals surface area contributed by atoms with E-state index >= 15 is 0 Å². The van der Waals surface area contributed by atoms with E-state index in [1.807, 2.05) is 50.5 Å². The van der Waals surface area contributed by atoms with Crippen molar-refractivity contribution >= 4 is 11.7 Å². The highest BCUT2D eigenvalue weighted by Gasteiger charge is 2.58. The molecule has 0 radical (unpaired) electrons. The van der Waals surface area contributed by atoms with Crippen LogP contribution in [-0.4, -0.2) is 81.6 Å². The van der Waals surface area contributed by atoms with Crippen molar-refractivity contribution in [2.75, 3.05) is 60.5 Å². The molecule has 1 N–H and O–H groups in total. The van der Waals surface area contributed by atoms with Crippen LogP contribution in [0, 0.1) is 24.6 Å². The number of carbonyl (C=O) groups is 2. The van der Waals surface area contributed by atoms with Gasteiger partial charge in [0.2, 0.25) is 0 Å². The first-order valence-corrected chi connectivity index (χ1v) is 13.4. The summed E-state index contributed by atoms with van der Waals surface area (Å²) in [5.74, 6) is -0.720. The van der Waals surface area contributed by atoms with Crippen LogP contribution in [0.2, 0.25) is 0 Å². The molecule has 0 saturated carbocycles. The first kappa shape index (κ1) is 27.6. The average Bonchev–Trinajstić information content (AvgIpc) is 2.93. The molecule has 2 aromatic carbocycles. The lowest BCUT2D eigenvalue weighted by Gasteiger charge is -2.54. The molecule has 1 unspecified atom stereocenters. The van der Waals surface area contributed by atoms with E-state index < -0.39 is 11.5 Å². The number of nitrogens with one attached hydrogen (secondary N) is 1. The van der Waals surface area contributed by atoms with Crippen LogP contribution >= 0.6 is 0 Å². The molecule has 1 amide bonds. The van der Waals surface area contributed by atoms with Gasteiger partial charge in [0.25, 0.3) is 0 Å². The molecule has 2 heterocycles. The molecule has 2 saturated heterocycles. The minimum atomic E-state index is -0.751. The van der Waals surface area contributed by atoms with E-state index in [9.17, 15) is 14.0 Å². The van der Waals surface area contributed by atoms with Gasteiger partial charge in [0.15, 0.2) is 5.78 Å². The topological polar surface area (TPSA) is 58.6 Å². The third kappa shape index (κ3) is 5.15. The molecule has 0 spiro atoms. The van der Waals surface area contributed by atoms with E-state index in [0.717, 1.165) is 24.9 Å². The number of amides is 1. The Labute approximate surface area is 220 Å². The second-order valence-electron chi connectivity index (χ2n) is 10.9. The summed E-state index contributed by atoms with van der Waals surface area (Å²) >= 11 is 0. The number of benzene rings is 2. The summed E-state index contributed by atoms with van der Waals surface area (Å²) < 4.78 is 20.6. The van der Waals surface area contributed by atoms with Crippen molar-refractivity contribution in [3.63, 3.8) is 0 Å². The van der Waals surface area contributed by atoms with Crippen LogP contribution < -0.4 is 5.32 Å². The van der Waals surface area contributed by atoms with E-state index in [-0.39, 0.29) is 27.9 Å². The molecule has 2 aliphatic rings. The van der Waals surface area contributed by atoms with E-state index in [1.54, 1.807) is 20.1 Å². The molecule has 2 fully saturated rings. The molecule has 7 heteroatoms. The van der Waals surface area contributed by atoms with Gasteiger partial charge < -0.3 is 10.1 Å². The van der Waals surface area contributed by atoms with Crippen molar-refractivity contribution < 1.29 is 23.2 Å². The summed E-state index contributed by atoms with van der Waals surface area (Å²) in [6, 6.07) is 14.5. The monoisotopic (exact) mass is 510 g/mol. The molecule has 4 rings (SSSR count). The first-order chi connectivity index (χ1) is 17.8. The number of hydrogen-bond donors (Lipinski definition) is 1. The molecule has 0 aromatic heterocycles. The van der Waals surface area contributed by atoms with Gasteiger partial charge in [0, 0.05) is 25.6 Å². The number of carbonyl (C=O) groups excluding carboxylic acids is 2. The zero-order chi connectivity index (χ0) is 26.6. The minimum Gasteiger partial charge on any atom is -0.379 e. The third-order valence-electron chi connectivity index (χ3n) is 8.77. The van der Waals surface area contributed by atoms with Crippen molar-refractivity contribution in [1.82, 2.24) is 10.2 Å². The van der Waals surface area contributed by atoms with Gasteiger partial charge in [0.1, 0.15) is 12.4 Å². The molecule has 2 aromatic rings. The fourth-order valence-electron chi connectivity index (χ4n) is 6.66. The Kier molecular flexibility index (Phi) is 8.59. The Balaban J connectivity index is 1.86. The molecule has 0 aliphatic carbocycles. The van der Waals surface area contributed by atoms with Crippen LogP contribution in [-0.2, 0) is 15.1 Å². The number of Topliss-reactive ketones (excluding diaryl/α,β-unsaturated/α-hetero) is 1. The highest BCUT2D eigenvalue weighted by atomic mass is 19.1. The van der Waals surface area contributed by atoms with Crippen molar-refractivity contribution in [2.24, 2.45) is 11.8 Å². The lowest BCUT2D eigenvalue weighted by atomic mass is 9.67. The molecular weight excluding hydrogens is 469 g/mol. The largest absolute Gasteiger partial charge is 0.379 e. The maximum absolute atomic E-state index is 14.9. The van der Waals surface area contributed by atoms with Crippen molar-refractivity contribution in [2.45, 2.75) is 31.7 Å². The van der Waals surface area contributed by atoms with E-state index in [1.165, 1.54) is 6.07 Å². The van der Waals surface area contributed by atoms with Crippen LogP contribution in [0.1, 0.15) is 40.7 Å². The van der Waals surface area contributed by atoms with E-state index in [0.29, 0.717) is 50.3 Å². The Bertz CT molecular complexity index is 1100. The summed E-state index contributed by atoms with van der Waals surface area (Å²) in [5, 5.41) is 3.38. The molecule has 200 valence electrons. The van der Waals surface area contributed by atoms with Gasteiger partial charge >= 0.3 is 5.91 Å². The molecular formula is C30H41FN3O3+. The van der Waals surface area contributed by atoms with Crippen molar-refractivity contribution in [3.8, 4) is 0 Å². The van der Waals surface area contributed by atoms with Crippen LogP contribution in [0.5, 0.6) is 0 Å². The van der Waals surface area contributed by atoms with Crippen LogP contribution in [0.4, 0.5) is 4.39 Å². The predicted octanol–water partition coefficient (Wildman–Crippen LogP) is 3.78. The summed E-state index contributed by atoms with van der Waals surface area (Å²) in [7, 11) is 5.59. The Morgan fingerprint density at radius 2 is 1.92 bits per heavy atom. The van der Waals surface area contributed by atoms with Crippen molar-refractivity contribution in [3.05, 3.63) is 71.0 Å². The molecule has 4 atom stereocenters. The van der Waals surface area contributed by atoms with Crippen LogP contribution in [0.25, 0.3) is 0 Å². The van der Waals surface area contributed by atoms with Gasteiger partial charge in [-0.2, -0.15) is 0 Å². The number of ketones is 1. The number of ether oxygens (including phenoxy) is 1. The Morgan fingerprint density at radius 3 is 2.57 bits per heavy atom. The fraction of sp³-hybridized carbons (Fsp3) is 0.533. The van der Waals surface area contributed by atoms with E-state index in [4.69, 9.17) is 4.74 Å². The number of rotatable bonds is 8. The zero-order valence-corrected chi connectivity index (χ0v) is 22.6. The molecule has 2 aliphatic heterocycles. The second kappa shape index (κ2) is 11.5. The number of nitrogens with zero attached hydrogens (tertiary/aromatic N) is 2. The summed E-state index contributed by atoms with van der Waals surface area (Å²) in [6.45, 7) is 5.29. The normalized spacial score (nSPS) is 28.3. The first-order valence-electron chi connectivity index (χ1n) is 13.4. The van der Waals surface area contributed by atoms with Gasteiger partial charge in [-0.05, 0) is 57.6 Å². The number of piperidine rings is 2. The Morgan fingerprint density at radius 1 is 1.16 bits per heavy atom. The van der Waals surface area contributed by atoms with E-state index in [2.05, 4.69) is 10.2 Å². The number of likely N-dealkylation sites (tertiary alicyclic amines) is 1. The minimum absolute atomic E-state index is 0.00727. The molecule has 0 bridgehead atoms. The second-order valence-corrected chi connectivity index (χ2v) is 10.9. The summed E-state index contributed by atoms with van der Waals surface area (Å²) in [4.78, 5) is 30.7. The quantitative estimate of drug-likeness (QED) is 0.433. The maximum atomic E-state index is 14.9. The smallest absolute Gasteiger partial charge is 0.318 e. The van der Waals surface area contributed by atoms with Crippen LogP contribution in [0.15, 0.2) is 48.5 Å².